The van der Waals surface area contributed by atoms with Crippen LogP contribution in [0.15, 0.2) is 22.8 Å². The first-order valence-electron chi connectivity index (χ1n) is 13.2. The molecule has 0 unspecified atom stereocenters. The van der Waals surface area contributed by atoms with E-state index in [-0.39, 0.29) is 11.3 Å². The van der Waals surface area contributed by atoms with Gasteiger partial charge in [0, 0.05) is 5.41 Å². The average Bonchev–Trinajstić information content (AvgIpc) is 3.08. The van der Waals surface area contributed by atoms with Crippen molar-refractivity contribution in [3.05, 3.63) is 22.8 Å². The van der Waals surface area contributed by atoms with Crippen molar-refractivity contribution >= 4 is 5.97 Å². The number of carboxylic acid groups (broad SMARTS) is 1. The van der Waals surface area contributed by atoms with Crippen LogP contribution in [-0.2, 0) is 4.79 Å². The summed E-state index contributed by atoms with van der Waals surface area (Å²) in [6.45, 7) is 13.5. The number of carbonyl (C=O) groups excluding carboxylic acids is 1. The van der Waals surface area contributed by atoms with E-state index in [9.17, 15) is 15.0 Å². The number of hydrogen-bond acceptors (Lipinski definition) is 3. The number of hydrogen-bond donors (Lipinski definition) is 1. The number of fused-ring (bicyclic) bond motifs is 4. The van der Waals surface area contributed by atoms with Gasteiger partial charge in [0.25, 0.3) is 0 Å². The molecule has 0 aromatic carbocycles. The van der Waals surface area contributed by atoms with Crippen LogP contribution in [0.3, 0.4) is 0 Å². The monoisotopic (exact) mass is 441 g/mol. The summed E-state index contributed by atoms with van der Waals surface area (Å²) in [7, 11) is 0. The lowest BCUT2D eigenvalue weighted by atomic mass is 9.45. The minimum atomic E-state index is -1.13. The maximum absolute atomic E-state index is 12.2. The first kappa shape index (κ1) is 24.0. The summed E-state index contributed by atoms with van der Waals surface area (Å²) in [6.07, 6.45) is 12.4. The molecule has 0 aromatic rings. The third kappa shape index (κ3) is 3.44. The summed E-state index contributed by atoms with van der Waals surface area (Å²) in [5.41, 5.74) is 3.84. The Balaban J connectivity index is 1.62. The zero-order chi connectivity index (χ0) is 23.5. The molecule has 0 amide bonds. The van der Waals surface area contributed by atoms with Crippen molar-refractivity contribution in [1.29, 1.82) is 0 Å². The van der Waals surface area contributed by atoms with Crippen molar-refractivity contribution in [2.75, 3.05) is 0 Å². The van der Waals surface area contributed by atoms with Crippen molar-refractivity contribution in [1.82, 2.24) is 0 Å². The van der Waals surface area contributed by atoms with Gasteiger partial charge < -0.3 is 15.0 Å². The first-order valence-corrected chi connectivity index (χ1v) is 13.2. The smallest absolute Gasteiger partial charge is 0.0649 e. The standard InChI is InChI=1S/C29H46O3/c1-18(2)8-7-9-19(3)21-11-12-22-20-10-13-24-28(5,23(20)14-16-27(21,22)4)17-15-25(30)29(24,6)26(31)32/h8,19,21-22,24-25,30H,7,9-17H2,1-6H3,(H,31,32)/p-1/t19-,21-,22+,24-,25+,27-,28-,29-/m1/s1. The van der Waals surface area contributed by atoms with Gasteiger partial charge in [0.2, 0.25) is 0 Å². The predicted molar refractivity (Wildman–Crippen MR) is 128 cm³/mol. The molecule has 2 fully saturated rings. The summed E-state index contributed by atoms with van der Waals surface area (Å²) in [5, 5.41) is 22.9. The van der Waals surface area contributed by atoms with E-state index < -0.39 is 17.5 Å². The second-order valence-corrected chi connectivity index (χ2v) is 12.7. The van der Waals surface area contributed by atoms with Gasteiger partial charge >= 0.3 is 0 Å². The van der Waals surface area contributed by atoms with Gasteiger partial charge in [-0.15, -0.1) is 0 Å². The minimum Gasteiger partial charge on any atom is -0.549 e. The number of rotatable bonds is 5. The van der Waals surface area contributed by atoms with Gasteiger partial charge in [0.15, 0.2) is 0 Å². The Morgan fingerprint density at radius 1 is 1.12 bits per heavy atom. The van der Waals surface area contributed by atoms with Gasteiger partial charge in [0.05, 0.1) is 12.1 Å². The maximum atomic E-state index is 12.2. The summed E-state index contributed by atoms with van der Waals surface area (Å²) in [4.78, 5) is 12.2. The van der Waals surface area contributed by atoms with E-state index in [1.54, 1.807) is 18.1 Å². The number of carboxylic acids is 1. The molecule has 2 saturated carbocycles. The van der Waals surface area contributed by atoms with E-state index >= 15 is 0 Å². The topological polar surface area (TPSA) is 60.4 Å². The molecule has 0 heterocycles. The van der Waals surface area contributed by atoms with Crippen molar-refractivity contribution < 1.29 is 15.0 Å². The molecule has 4 aliphatic rings. The van der Waals surface area contributed by atoms with Crippen molar-refractivity contribution in [2.24, 2.45) is 39.9 Å². The van der Waals surface area contributed by atoms with E-state index in [1.807, 2.05) is 0 Å². The van der Waals surface area contributed by atoms with Gasteiger partial charge in [-0.05, 0) is 113 Å². The quantitative estimate of drug-likeness (QED) is 0.547. The van der Waals surface area contributed by atoms with Gasteiger partial charge in [0.1, 0.15) is 0 Å². The van der Waals surface area contributed by atoms with E-state index in [2.05, 4.69) is 40.7 Å². The van der Waals surface area contributed by atoms with Gasteiger partial charge in [-0.2, -0.15) is 0 Å². The minimum absolute atomic E-state index is 0.0212. The molecule has 0 radical (unpaired) electrons. The fourth-order valence-electron chi connectivity index (χ4n) is 9.07. The molecule has 0 aliphatic heterocycles. The maximum Gasteiger partial charge on any atom is 0.0649 e. The van der Waals surface area contributed by atoms with Crippen LogP contribution in [0, 0.1) is 39.9 Å². The fraction of sp³-hybridized carbons (Fsp3) is 0.828. The molecule has 4 rings (SSSR count). The van der Waals surface area contributed by atoms with E-state index in [0.29, 0.717) is 17.8 Å². The highest BCUT2D eigenvalue weighted by molar-refractivity contribution is 5.74. The van der Waals surface area contributed by atoms with Crippen LogP contribution in [0.4, 0.5) is 0 Å². The SMILES string of the molecule is CC(C)=CCC[C@@H](C)[C@H]1CC[C@H]2C3=C(CC[C@]12C)[C@@]1(C)CC[C@H](O)[C@](C)(C(=O)[O-])[C@@H]1CC3. The molecule has 0 saturated heterocycles. The number of carbonyl (C=O) groups is 1. The Hall–Kier alpha value is -1.09. The van der Waals surface area contributed by atoms with Crippen molar-refractivity contribution in [3.63, 3.8) is 0 Å². The predicted octanol–water partition coefficient (Wildman–Crippen LogP) is 5.82. The number of aliphatic hydroxyl groups is 1. The van der Waals surface area contributed by atoms with Crippen molar-refractivity contribution in [3.8, 4) is 0 Å². The van der Waals surface area contributed by atoms with Crippen LogP contribution in [0.1, 0.15) is 106 Å². The molecule has 0 bridgehead atoms. The normalized spacial score (nSPS) is 44.3. The van der Waals surface area contributed by atoms with Crippen LogP contribution in [0.5, 0.6) is 0 Å². The third-order valence-electron chi connectivity index (χ3n) is 10.9. The van der Waals surface area contributed by atoms with Crippen LogP contribution < -0.4 is 5.11 Å². The summed E-state index contributed by atoms with van der Waals surface area (Å²) < 4.78 is 0. The third-order valence-corrected chi connectivity index (χ3v) is 10.9. The zero-order valence-corrected chi connectivity index (χ0v) is 21.3. The number of allylic oxidation sites excluding steroid dienone is 4. The lowest BCUT2D eigenvalue weighted by molar-refractivity contribution is -0.331. The molecule has 32 heavy (non-hydrogen) atoms. The van der Waals surface area contributed by atoms with E-state index in [4.69, 9.17) is 0 Å². The summed E-state index contributed by atoms with van der Waals surface area (Å²) in [5.74, 6) is 1.13. The van der Waals surface area contributed by atoms with Gasteiger partial charge in [-0.3, -0.25) is 0 Å². The van der Waals surface area contributed by atoms with Crippen LogP contribution in [-0.4, -0.2) is 17.2 Å². The van der Waals surface area contributed by atoms with Crippen LogP contribution >= 0.6 is 0 Å². The fourth-order valence-corrected chi connectivity index (χ4v) is 9.07. The van der Waals surface area contributed by atoms with E-state index in [0.717, 1.165) is 37.5 Å². The summed E-state index contributed by atoms with van der Waals surface area (Å²) >= 11 is 0. The molecular weight excluding hydrogens is 396 g/mol. The Kier molecular flexibility index (Phi) is 6.23. The van der Waals surface area contributed by atoms with Gasteiger partial charge in [-0.25, -0.2) is 0 Å². The Morgan fingerprint density at radius 2 is 1.84 bits per heavy atom. The van der Waals surface area contributed by atoms with Gasteiger partial charge in [-0.1, -0.05) is 50.5 Å². The van der Waals surface area contributed by atoms with Crippen LogP contribution in [0.25, 0.3) is 0 Å². The molecule has 1 N–H and O–H groups in total. The molecule has 3 heteroatoms. The highest BCUT2D eigenvalue weighted by Gasteiger charge is 2.60. The molecule has 0 spiro atoms. The number of aliphatic carboxylic acids is 1. The molecule has 4 aliphatic carbocycles. The molecule has 180 valence electrons. The first-order chi connectivity index (χ1) is 15.0. The lowest BCUT2D eigenvalue weighted by Crippen LogP contribution is -2.61. The average molecular weight is 442 g/mol. The second kappa shape index (κ2) is 8.29. The Bertz CT molecular complexity index is 820. The van der Waals surface area contributed by atoms with Crippen molar-refractivity contribution in [2.45, 2.75) is 112 Å². The highest BCUT2D eigenvalue weighted by atomic mass is 16.4. The zero-order valence-electron chi connectivity index (χ0n) is 21.3. The largest absolute Gasteiger partial charge is 0.549 e. The molecule has 0 aromatic heterocycles. The Labute approximate surface area is 195 Å². The van der Waals surface area contributed by atoms with Crippen LogP contribution in [0.2, 0.25) is 0 Å². The second-order valence-electron chi connectivity index (χ2n) is 12.7. The molecule has 8 atom stereocenters. The highest BCUT2D eigenvalue weighted by Crippen LogP contribution is 2.68. The summed E-state index contributed by atoms with van der Waals surface area (Å²) in [6, 6.07) is 0. The Morgan fingerprint density at radius 3 is 2.50 bits per heavy atom. The molecule has 3 nitrogen and oxygen atoms in total. The lowest BCUT2D eigenvalue weighted by Gasteiger charge is -2.60. The number of aliphatic hydroxyl groups excluding tert-OH is 1. The molecular formula is C29H45O3-. The van der Waals surface area contributed by atoms with E-state index in [1.165, 1.54) is 37.7 Å².